The summed E-state index contributed by atoms with van der Waals surface area (Å²) in [5.74, 6) is 0.662. The van der Waals surface area contributed by atoms with E-state index in [0.29, 0.717) is 48.7 Å². The number of halogens is 3. The molecule has 0 radical (unpaired) electrons. The van der Waals surface area contributed by atoms with Crippen molar-refractivity contribution in [2.75, 3.05) is 13.2 Å². The summed E-state index contributed by atoms with van der Waals surface area (Å²) >= 11 is 0. The van der Waals surface area contributed by atoms with E-state index in [1.165, 1.54) is 0 Å². The molecule has 0 saturated carbocycles. The average Bonchev–Trinajstić information content (AvgIpc) is 3.06. The van der Waals surface area contributed by atoms with E-state index in [1.807, 2.05) is 6.07 Å². The minimum Gasteiger partial charge on any atom is -0.490 e. The van der Waals surface area contributed by atoms with E-state index < -0.39 is 12.6 Å². The van der Waals surface area contributed by atoms with Gasteiger partial charge in [-0.3, -0.25) is 9.88 Å². The van der Waals surface area contributed by atoms with E-state index in [2.05, 4.69) is 34.0 Å². The summed E-state index contributed by atoms with van der Waals surface area (Å²) in [6, 6.07) is 2.78. The Morgan fingerprint density at radius 3 is 2.75 bits per heavy atom. The standard InChI is InChI=1S/C19H26F3N5O/c1-14(2)26-8-6-16(26)13-28-18-9-17(10-23-11-18)27-12-15(24-25-27)5-3-4-7-19(20,21)22/h9-12,14,16H,3-8,13H2,1-2H3/t16-/m0/s1. The van der Waals surface area contributed by atoms with Crippen LogP contribution in [0.4, 0.5) is 13.2 Å². The van der Waals surface area contributed by atoms with Crippen LogP contribution in [-0.4, -0.2) is 56.3 Å². The lowest BCUT2D eigenvalue weighted by molar-refractivity contribution is -0.135. The number of rotatable bonds is 9. The van der Waals surface area contributed by atoms with Crippen LogP contribution in [0.2, 0.25) is 0 Å². The third-order valence-electron chi connectivity index (χ3n) is 4.94. The summed E-state index contributed by atoms with van der Waals surface area (Å²) in [5, 5.41) is 8.09. The largest absolute Gasteiger partial charge is 0.490 e. The minimum atomic E-state index is -4.10. The zero-order chi connectivity index (χ0) is 20.1. The molecule has 1 aliphatic rings. The van der Waals surface area contributed by atoms with Crippen LogP contribution in [0, 0.1) is 0 Å². The van der Waals surface area contributed by atoms with E-state index in [9.17, 15) is 13.2 Å². The summed E-state index contributed by atoms with van der Waals surface area (Å²) in [7, 11) is 0. The molecule has 0 aliphatic carbocycles. The first-order chi connectivity index (χ1) is 13.3. The summed E-state index contributed by atoms with van der Waals surface area (Å²) in [5.41, 5.74) is 1.37. The summed E-state index contributed by atoms with van der Waals surface area (Å²) in [4.78, 5) is 6.60. The van der Waals surface area contributed by atoms with Gasteiger partial charge >= 0.3 is 6.18 Å². The number of likely N-dealkylation sites (tertiary alicyclic amines) is 1. The number of hydrogen-bond donors (Lipinski definition) is 0. The molecule has 1 atom stereocenters. The molecule has 0 bridgehead atoms. The van der Waals surface area contributed by atoms with Gasteiger partial charge in [0.25, 0.3) is 0 Å². The maximum absolute atomic E-state index is 12.2. The quantitative estimate of drug-likeness (QED) is 0.603. The third-order valence-corrected chi connectivity index (χ3v) is 4.94. The number of alkyl halides is 3. The van der Waals surface area contributed by atoms with Crippen molar-refractivity contribution in [1.82, 2.24) is 24.9 Å². The Hall–Kier alpha value is -2.16. The molecule has 1 saturated heterocycles. The molecule has 0 spiro atoms. The molecule has 9 heteroatoms. The smallest absolute Gasteiger partial charge is 0.389 e. The highest BCUT2D eigenvalue weighted by Gasteiger charge is 2.30. The molecule has 0 unspecified atom stereocenters. The lowest BCUT2D eigenvalue weighted by Crippen LogP contribution is -2.54. The fraction of sp³-hybridized carbons (Fsp3) is 0.632. The van der Waals surface area contributed by atoms with Gasteiger partial charge in [0.2, 0.25) is 0 Å². The molecule has 2 aromatic rings. The second-order valence-electron chi connectivity index (χ2n) is 7.44. The van der Waals surface area contributed by atoms with Gasteiger partial charge in [0.15, 0.2) is 0 Å². The third kappa shape index (κ3) is 5.67. The van der Waals surface area contributed by atoms with Crippen LogP contribution in [0.15, 0.2) is 24.7 Å². The molecule has 2 aromatic heterocycles. The van der Waals surface area contributed by atoms with Crippen molar-refractivity contribution in [2.24, 2.45) is 0 Å². The van der Waals surface area contributed by atoms with Crippen LogP contribution in [0.5, 0.6) is 5.75 Å². The number of pyridine rings is 1. The molecular formula is C19H26F3N5O. The molecule has 3 rings (SSSR count). The maximum Gasteiger partial charge on any atom is 0.389 e. The van der Waals surface area contributed by atoms with Crippen molar-refractivity contribution >= 4 is 0 Å². The highest BCUT2D eigenvalue weighted by molar-refractivity contribution is 5.34. The van der Waals surface area contributed by atoms with Gasteiger partial charge in [-0.25, -0.2) is 4.68 Å². The zero-order valence-electron chi connectivity index (χ0n) is 16.2. The molecular weight excluding hydrogens is 371 g/mol. The molecule has 28 heavy (non-hydrogen) atoms. The molecule has 6 nitrogen and oxygen atoms in total. The number of unbranched alkanes of at least 4 members (excludes halogenated alkanes) is 1. The fourth-order valence-corrected chi connectivity index (χ4v) is 3.29. The Morgan fingerprint density at radius 1 is 1.25 bits per heavy atom. The van der Waals surface area contributed by atoms with E-state index in [1.54, 1.807) is 23.3 Å². The summed E-state index contributed by atoms with van der Waals surface area (Å²) in [6.45, 7) is 6.08. The van der Waals surface area contributed by atoms with Gasteiger partial charge < -0.3 is 4.74 Å². The molecule has 1 fully saturated rings. The maximum atomic E-state index is 12.2. The fourth-order valence-electron chi connectivity index (χ4n) is 3.29. The number of hydrogen-bond acceptors (Lipinski definition) is 5. The Morgan fingerprint density at radius 2 is 2.07 bits per heavy atom. The summed E-state index contributed by atoms with van der Waals surface area (Å²) in [6.07, 6.45) is 2.28. The Bertz CT molecular complexity index is 762. The molecule has 0 amide bonds. The predicted molar refractivity (Wildman–Crippen MR) is 98.5 cm³/mol. The molecule has 0 N–H and O–H groups in total. The van der Waals surface area contributed by atoms with Crippen molar-refractivity contribution in [1.29, 1.82) is 0 Å². The predicted octanol–water partition coefficient (Wildman–Crippen LogP) is 3.80. The second kappa shape index (κ2) is 8.89. The average molecular weight is 397 g/mol. The molecule has 0 aromatic carbocycles. The van der Waals surface area contributed by atoms with Crippen molar-refractivity contribution in [3.05, 3.63) is 30.4 Å². The minimum absolute atomic E-state index is 0.0931. The lowest BCUT2D eigenvalue weighted by Gasteiger charge is -2.43. The lowest BCUT2D eigenvalue weighted by atomic mass is 10.0. The molecule has 1 aliphatic heterocycles. The molecule has 154 valence electrons. The first kappa shape index (κ1) is 20.6. The van der Waals surface area contributed by atoms with Crippen molar-refractivity contribution in [3.8, 4) is 11.4 Å². The normalized spacial score (nSPS) is 17.7. The Labute approximate surface area is 162 Å². The SMILES string of the molecule is CC(C)N1CC[C@H]1COc1cncc(-n2cc(CCCCC(F)(F)F)nn2)c1. The van der Waals surface area contributed by atoms with Gasteiger partial charge in [0.05, 0.1) is 30.0 Å². The van der Waals surface area contributed by atoms with E-state index in [-0.39, 0.29) is 6.42 Å². The van der Waals surface area contributed by atoms with Gasteiger partial charge in [-0.05, 0) is 39.5 Å². The van der Waals surface area contributed by atoms with E-state index in [0.717, 1.165) is 13.0 Å². The van der Waals surface area contributed by atoms with E-state index in [4.69, 9.17) is 4.74 Å². The van der Waals surface area contributed by atoms with Crippen molar-refractivity contribution in [2.45, 2.75) is 64.2 Å². The van der Waals surface area contributed by atoms with Crippen LogP contribution in [0.1, 0.15) is 45.2 Å². The molecule has 3 heterocycles. The van der Waals surface area contributed by atoms with Crippen LogP contribution in [0.25, 0.3) is 5.69 Å². The van der Waals surface area contributed by atoms with Gasteiger partial charge in [-0.1, -0.05) is 5.21 Å². The van der Waals surface area contributed by atoms with Crippen LogP contribution in [0.3, 0.4) is 0 Å². The Kier molecular flexibility index (Phi) is 6.53. The highest BCUT2D eigenvalue weighted by Crippen LogP contribution is 2.24. The van der Waals surface area contributed by atoms with Crippen molar-refractivity contribution < 1.29 is 17.9 Å². The van der Waals surface area contributed by atoms with Crippen LogP contribution >= 0.6 is 0 Å². The van der Waals surface area contributed by atoms with Crippen molar-refractivity contribution in [3.63, 3.8) is 0 Å². The monoisotopic (exact) mass is 397 g/mol. The van der Waals surface area contributed by atoms with E-state index >= 15 is 0 Å². The first-order valence-corrected chi connectivity index (χ1v) is 9.64. The number of ether oxygens (including phenoxy) is 1. The van der Waals surface area contributed by atoms with Gasteiger partial charge in [0, 0.05) is 31.1 Å². The zero-order valence-corrected chi connectivity index (χ0v) is 16.2. The topological polar surface area (TPSA) is 56.1 Å². The van der Waals surface area contributed by atoms with Gasteiger partial charge in [0.1, 0.15) is 12.4 Å². The second-order valence-corrected chi connectivity index (χ2v) is 7.44. The number of aromatic nitrogens is 4. The van der Waals surface area contributed by atoms with Gasteiger partial charge in [-0.15, -0.1) is 5.10 Å². The van der Waals surface area contributed by atoms with Crippen LogP contribution < -0.4 is 4.74 Å². The Balaban J connectivity index is 1.52. The van der Waals surface area contributed by atoms with Crippen LogP contribution in [-0.2, 0) is 6.42 Å². The highest BCUT2D eigenvalue weighted by atomic mass is 19.4. The number of nitrogens with zero attached hydrogens (tertiary/aromatic N) is 5. The number of aryl methyl sites for hydroxylation is 1. The first-order valence-electron chi connectivity index (χ1n) is 9.64. The summed E-state index contributed by atoms with van der Waals surface area (Å²) < 4.78 is 44.0. The van der Waals surface area contributed by atoms with Gasteiger partial charge in [-0.2, -0.15) is 13.2 Å².